The highest BCUT2D eigenvalue weighted by atomic mass is 35.5. The van der Waals surface area contributed by atoms with Crippen LogP contribution in [0.1, 0.15) is 36.4 Å². The van der Waals surface area contributed by atoms with E-state index in [0.29, 0.717) is 43.0 Å². The van der Waals surface area contributed by atoms with Crippen molar-refractivity contribution in [2.75, 3.05) is 0 Å². The molecule has 7 nitrogen and oxygen atoms in total. The third kappa shape index (κ3) is 5.05. The molecule has 0 fully saturated rings. The summed E-state index contributed by atoms with van der Waals surface area (Å²) >= 11 is 18.7. The number of hydrogen-bond donors (Lipinski definition) is 2. The number of hydrogen-bond acceptors (Lipinski definition) is 4. The molecule has 1 aromatic heterocycles. The first-order chi connectivity index (χ1) is 18.2. The third-order valence-electron chi connectivity index (χ3n) is 6.38. The standard InChI is InChI=1S/C28H20Cl3N3O4/c29-16-7-5-15(6-8-16)26-19-3-1-2-4-21(19)32-28(38)27(26)22-14-23(18-10-9-17(30)13-20(18)31)34(33-22)24(35)11-12-25(36)37/h1-10,13,23H,11-12,14H2,(H,32,38)(H,36,37)/t23-/m1/s1. The number of carbonyl (C=O) groups excluding carboxylic acids is 1. The predicted molar refractivity (Wildman–Crippen MR) is 149 cm³/mol. The van der Waals surface area contributed by atoms with Gasteiger partial charge in [0.25, 0.3) is 5.56 Å². The number of amides is 1. The number of aromatic nitrogens is 1. The second kappa shape index (κ2) is 10.6. The van der Waals surface area contributed by atoms with Gasteiger partial charge in [0.15, 0.2) is 0 Å². The Morgan fingerprint density at radius 3 is 2.37 bits per heavy atom. The number of carbonyl (C=O) groups is 2. The van der Waals surface area contributed by atoms with Crippen molar-refractivity contribution in [3.8, 4) is 11.1 Å². The van der Waals surface area contributed by atoms with Crippen molar-refractivity contribution in [3.05, 3.63) is 103 Å². The number of halogens is 3. The number of hydrazone groups is 1. The molecule has 1 aliphatic heterocycles. The molecule has 1 atom stereocenters. The molecule has 1 aliphatic rings. The van der Waals surface area contributed by atoms with Crippen molar-refractivity contribution in [1.29, 1.82) is 0 Å². The Kier molecular flexibility index (Phi) is 7.25. The van der Waals surface area contributed by atoms with Crippen molar-refractivity contribution < 1.29 is 14.7 Å². The van der Waals surface area contributed by atoms with E-state index in [9.17, 15) is 14.4 Å². The molecule has 192 valence electrons. The van der Waals surface area contributed by atoms with Crippen LogP contribution in [0.5, 0.6) is 0 Å². The fraction of sp³-hybridized carbons (Fsp3) is 0.143. The van der Waals surface area contributed by atoms with E-state index >= 15 is 0 Å². The zero-order valence-electron chi connectivity index (χ0n) is 19.7. The number of pyridine rings is 1. The molecule has 0 aliphatic carbocycles. The molecular weight excluding hydrogens is 549 g/mol. The van der Waals surface area contributed by atoms with E-state index < -0.39 is 17.9 Å². The van der Waals surface area contributed by atoms with Crippen molar-refractivity contribution in [2.24, 2.45) is 5.10 Å². The molecule has 5 rings (SSSR count). The van der Waals surface area contributed by atoms with E-state index in [-0.39, 0.29) is 24.8 Å². The van der Waals surface area contributed by atoms with Crippen LogP contribution in [0.4, 0.5) is 0 Å². The van der Waals surface area contributed by atoms with Crippen LogP contribution in [0.2, 0.25) is 15.1 Å². The van der Waals surface area contributed by atoms with E-state index in [1.54, 1.807) is 30.3 Å². The van der Waals surface area contributed by atoms with E-state index in [1.165, 1.54) is 5.01 Å². The summed E-state index contributed by atoms with van der Waals surface area (Å²) in [5, 5.41) is 17.1. The fourth-order valence-corrected chi connectivity index (χ4v) is 5.33. The molecular formula is C28H20Cl3N3O4. The molecule has 0 bridgehead atoms. The lowest BCUT2D eigenvalue weighted by Crippen LogP contribution is -2.27. The van der Waals surface area contributed by atoms with Crippen LogP contribution in [0.3, 0.4) is 0 Å². The van der Waals surface area contributed by atoms with E-state index in [4.69, 9.17) is 39.9 Å². The number of nitrogens with zero attached hydrogens (tertiary/aromatic N) is 2. The van der Waals surface area contributed by atoms with Gasteiger partial charge in [-0.25, -0.2) is 5.01 Å². The quantitative estimate of drug-likeness (QED) is 0.270. The highest BCUT2D eigenvalue weighted by Crippen LogP contribution is 2.40. The Balaban J connectivity index is 1.70. The van der Waals surface area contributed by atoms with Gasteiger partial charge in [-0.2, -0.15) is 5.10 Å². The largest absolute Gasteiger partial charge is 0.481 e. The van der Waals surface area contributed by atoms with Gasteiger partial charge in [0.05, 0.1) is 23.7 Å². The van der Waals surface area contributed by atoms with Crippen LogP contribution >= 0.6 is 34.8 Å². The minimum atomic E-state index is -1.10. The maximum absolute atomic E-state index is 13.5. The van der Waals surface area contributed by atoms with Crippen molar-refractivity contribution in [3.63, 3.8) is 0 Å². The van der Waals surface area contributed by atoms with Gasteiger partial charge >= 0.3 is 5.97 Å². The number of nitrogens with one attached hydrogen (secondary N) is 1. The average molecular weight is 569 g/mol. The van der Waals surface area contributed by atoms with Crippen LogP contribution in [-0.4, -0.2) is 32.7 Å². The summed E-state index contributed by atoms with van der Waals surface area (Å²) in [7, 11) is 0. The number of carboxylic acids is 1. The zero-order valence-corrected chi connectivity index (χ0v) is 22.0. The number of carboxylic acid groups (broad SMARTS) is 1. The van der Waals surface area contributed by atoms with Gasteiger partial charge < -0.3 is 10.1 Å². The van der Waals surface area contributed by atoms with Gasteiger partial charge in [0.1, 0.15) is 0 Å². The smallest absolute Gasteiger partial charge is 0.303 e. The zero-order chi connectivity index (χ0) is 27.0. The van der Waals surface area contributed by atoms with Gasteiger partial charge in [0, 0.05) is 44.4 Å². The SMILES string of the molecule is O=C(O)CCC(=O)N1N=C(c2c(-c3ccc(Cl)cc3)c3ccccc3[nH]c2=O)C[C@@H]1c1ccc(Cl)cc1Cl. The Morgan fingerprint density at radius 1 is 0.947 bits per heavy atom. The number of fused-ring (bicyclic) bond motifs is 1. The van der Waals surface area contributed by atoms with E-state index in [1.807, 2.05) is 36.4 Å². The molecule has 38 heavy (non-hydrogen) atoms. The molecule has 0 radical (unpaired) electrons. The van der Waals surface area contributed by atoms with Crippen LogP contribution in [-0.2, 0) is 9.59 Å². The van der Waals surface area contributed by atoms with Crippen LogP contribution in [0.15, 0.2) is 76.6 Å². The summed E-state index contributed by atoms with van der Waals surface area (Å²) in [6, 6.07) is 18.8. The second-order valence-electron chi connectivity index (χ2n) is 8.82. The summed E-state index contributed by atoms with van der Waals surface area (Å²) in [4.78, 5) is 40.8. The molecule has 10 heteroatoms. The highest BCUT2D eigenvalue weighted by Gasteiger charge is 2.36. The monoisotopic (exact) mass is 567 g/mol. The summed E-state index contributed by atoms with van der Waals surface area (Å²) < 4.78 is 0. The predicted octanol–water partition coefficient (Wildman–Crippen LogP) is 6.70. The minimum absolute atomic E-state index is 0.183. The Labute approximate surface area is 232 Å². The number of H-pyrrole nitrogens is 1. The molecule has 2 heterocycles. The van der Waals surface area contributed by atoms with Gasteiger partial charge in [-0.05, 0) is 41.5 Å². The summed E-state index contributed by atoms with van der Waals surface area (Å²) in [6.07, 6.45) is -0.429. The Hall–Kier alpha value is -3.65. The van der Waals surface area contributed by atoms with Crippen LogP contribution in [0, 0.1) is 0 Å². The Morgan fingerprint density at radius 2 is 1.66 bits per heavy atom. The number of aromatic amines is 1. The number of benzene rings is 3. The molecule has 2 N–H and O–H groups in total. The average Bonchev–Trinajstić information content (AvgIpc) is 3.31. The molecule has 1 amide bonds. The fourth-order valence-electron chi connectivity index (χ4n) is 4.67. The highest BCUT2D eigenvalue weighted by molar-refractivity contribution is 6.35. The lowest BCUT2D eigenvalue weighted by atomic mass is 9.91. The summed E-state index contributed by atoms with van der Waals surface area (Å²) in [5.74, 6) is -1.59. The van der Waals surface area contributed by atoms with E-state index in [0.717, 1.165) is 10.9 Å². The topological polar surface area (TPSA) is 103 Å². The summed E-state index contributed by atoms with van der Waals surface area (Å²) in [5.41, 5.74) is 2.97. The lowest BCUT2D eigenvalue weighted by molar-refractivity contribution is -0.141. The number of aliphatic carboxylic acids is 1. The van der Waals surface area contributed by atoms with Crippen molar-refractivity contribution in [2.45, 2.75) is 25.3 Å². The Bertz CT molecular complexity index is 1660. The second-order valence-corrected chi connectivity index (χ2v) is 10.1. The first kappa shape index (κ1) is 26.0. The molecule has 0 saturated carbocycles. The molecule has 4 aromatic rings. The normalized spacial score (nSPS) is 15.1. The van der Waals surface area contributed by atoms with Gasteiger partial charge in [0.2, 0.25) is 5.91 Å². The van der Waals surface area contributed by atoms with Crippen LogP contribution in [0.25, 0.3) is 22.0 Å². The molecule has 0 unspecified atom stereocenters. The van der Waals surface area contributed by atoms with Gasteiger partial charge in [-0.1, -0.05) is 71.2 Å². The van der Waals surface area contributed by atoms with Gasteiger partial charge in [-0.3, -0.25) is 14.4 Å². The van der Waals surface area contributed by atoms with Crippen molar-refractivity contribution in [1.82, 2.24) is 9.99 Å². The van der Waals surface area contributed by atoms with Gasteiger partial charge in [-0.15, -0.1) is 0 Å². The number of rotatable bonds is 6. The minimum Gasteiger partial charge on any atom is -0.481 e. The third-order valence-corrected chi connectivity index (χ3v) is 7.20. The number of para-hydroxylation sites is 1. The summed E-state index contributed by atoms with van der Waals surface area (Å²) in [6.45, 7) is 0. The lowest BCUT2D eigenvalue weighted by Gasteiger charge is -2.23. The van der Waals surface area contributed by atoms with E-state index in [2.05, 4.69) is 10.1 Å². The maximum atomic E-state index is 13.5. The first-order valence-corrected chi connectivity index (χ1v) is 12.8. The maximum Gasteiger partial charge on any atom is 0.303 e. The van der Waals surface area contributed by atoms with Crippen molar-refractivity contribution >= 4 is 63.3 Å². The van der Waals surface area contributed by atoms with Crippen LogP contribution < -0.4 is 5.56 Å². The molecule has 3 aromatic carbocycles. The molecule has 0 saturated heterocycles. The first-order valence-electron chi connectivity index (χ1n) is 11.7. The molecule has 0 spiro atoms.